The Morgan fingerprint density at radius 2 is 1.79 bits per heavy atom. The van der Waals surface area contributed by atoms with Gasteiger partial charge in [-0.25, -0.2) is 0 Å². The number of hydrogen-bond acceptors (Lipinski definition) is 2. The molecule has 1 aromatic carbocycles. The highest BCUT2D eigenvalue weighted by atomic mass is 16.5. The van der Waals surface area contributed by atoms with E-state index in [0.29, 0.717) is 0 Å². The summed E-state index contributed by atoms with van der Waals surface area (Å²) in [5.41, 5.74) is 0. The van der Waals surface area contributed by atoms with Crippen molar-refractivity contribution in [1.29, 1.82) is 0 Å². The molecule has 0 saturated heterocycles. The summed E-state index contributed by atoms with van der Waals surface area (Å²) in [5.74, 6) is 5.24. The molecule has 1 N–H and O–H groups in total. The van der Waals surface area contributed by atoms with Gasteiger partial charge in [0.2, 0.25) is 0 Å². The van der Waals surface area contributed by atoms with Crippen molar-refractivity contribution < 1.29 is 4.74 Å². The standard InChI is InChI=1S/C17H23NO/c1-2-5-14(6-3-1)19-10-4-9-18-17-15-12-7-8-13(11-12)16(15)17/h1-3,5-6,12-13,15-18H,4,7-11H2. The molecule has 2 nitrogen and oxygen atoms in total. The number of nitrogens with one attached hydrogen (secondary N) is 1. The van der Waals surface area contributed by atoms with Crippen molar-refractivity contribution >= 4 is 0 Å². The van der Waals surface area contributed by atoms with E-state index in [1.165, 1.54) is 12.8 Å². The summed E-state index contributed by atoms with van der Waals surface area (Å²) in [6, 6.07) is 11.0. The maximum atomic E-state index is 5.72. The Morgan fingerprint density at radius 1 is 1.05 bits per heavy atom. The van der Waals surface area contributed by atoms with Gasteiger partial charge in [-0.05, 0) is 68.0 Å². The van der Waals surface area contributed by atoms with Gasteiger partial charge in [0.15, 0.2) is 0 Å². The van der Waals surface area contributed by atoms with Crippen LogP contribution in [0, 0.1) is 23.7 Å². The van der Waals surface area contributed by atoms with Crippen LogP contribution < -0.4 is 10.1 Å². The first-order valence-electron chi connectivity index (χ1n) is 7.85. The number of hydrogen-bond donors (Lipinski definition) is 1. The molecule has 4 rings (SSSR count). The molecule has 3 aliphatic carbocycles. The minimum Gasteiger partial charge on any atom is -0.494 e. The third-order valence-corrected chi connectivity index (χ3v) is 5.45. The SMILES string of the molecule is c1ccc(OCCCNC2C3C4CCC(C4)C23)cc1. The van der Waals surface area contributed by atoms with Crippen LogP contribution in [0.3, 0.4) is 0 Å². The van der Waals surface area contributed by atoms with Crippen LogP contribution in [-0.2, 0) is 0 Å². The molecule has 0 aromatic heterocycles. The van der Waals surface area contributed by atoms with Gasteiger partial charge in [0, 0.05) is 6.04 Å². The number of ether oxygens (including phenoxy) is 1. The largest absolute Gasteiger partial charge is 0.494 e. The molecule has 4 atom stereocenters. The van der Waals surface area contributed by atoms with Gasteiger partial charge in [0.05, 0.1) is 6.61 Å². The monoisotopic (exact) mass is 257 g/mol. The predicted molar refractivity (Wildman–Crippen MR) is 76.2 cm³/mol. The summed E-state index contributed by atoms with van der Waals surface area (Å²) in [5, 5.41) is 3.77. The molecule has 2 heteroatoms. The molecule has 0 aliphatic heterocycles. The summed E-state index contributed by atoms with van der Waals surface area (Å²) in [6.45, 7) is 1.94. The van der Waals surface area contributed by atoms with Gasteiger partial charge in [0.1, 0.15) is 5.75 Å². The Labute approximate surface area is 115 Å². The average molecular weight is 257 g/mol. The molecule has 1 aromatic rings. The summed E-state index contributed by atoms with van der Waals surface area (Å²) < 4.78 is 5.72. The van der Waals surface area contributed by atoms with Crippen LogP contribution in [0.1, 0.15) is 25.7 Å². The summed E-state index contributed by atoms with van der Waals surface area (Å²) in [7, 11) is 0. The maximum Gasteiger partial charge on any atom is 0.119 e. The van der Waals surface area contributed by atoms with E-state index in [0.717, 1.165) is 55.0 Å². The van der Waals surface area contributed by atoms with Crippen LogP contribution in [0.25, 0.3) is 0 Å². The fraction of sp³-hybridized carbons (Fsp3) is 0.647. The van der Waals surface area contributed by atoms with Crippen molar-refractivity contribution in [1.82, 2.24) is 5.32 Å². The van der Waals surface area contributed by atoms with Gasteiger partial charge in [-0.2, -0.15) is 0 Å². The number of fused-ring (bicyclic) bond motifs is 5. The van der Waals surface area contributed by atoms with Gasteiger partial charge in [-0.1, -0.05) is 18.2 Å². The van der Waals surface area contributed by atoms with Gasteiger partial charge in [-0.15, -0.1) is 0 Å². The van der Waals surface area contributed by atoms with E-state index < -0.39 is 0 Å². The summed E-state index contributed by atoms with van der Waals surface area (Å²) in [6.07, 6.45) is 5.69. The summed E-state index contributed by atoms with van der Waals surface area (Å²) in [4.78, 5) is 0. The lowest BCUT2D eigenvalue weighted by molar-refractivity contribution is 0.305. The minimum atomic E-state index is 0.825. The lowest BCUT2D eigenvalue weighted by Gasteiger charge is -2.11. The molecule has 102 valence electrons. The first kappa shape index (κ1) is 11.8. The van der Waals surface area contributed by atoms with Crippen LogP contribution in [0.5, 0.6) is 5.75 Å². The fourth-order valence-corrected chi connectivity index (χ4v) is 4.65. The van der Waals surface area contributed by atoms with E-state index in [4.69, 9.17) is 4.74 Å². The van der Waals surface area contributed by atoms with Crippen LogP contribution in [-0.4, -0.2) is 19.2 Å². The van der Waals surface area contributed by atoms with Gasteiger partial charge >= 0.3 is 0 Å². The van der Waals surface area contributed by atoms with Crippen molar-refractivity contribution in [2.24, 2.45) is 23.7 Å². The molecule has 0 amide bonds. The van der Waals surface area contributed by atoms with Gasteiger partial charge in [0.25, 0.3) is 0 Å². The third kappa shape index (κ3) is 2.16. The lowest BCUT2D eigenvalue weighted by atomic mass is 10.0. The van der Waals surface area contributed by atoms with Crippen LogP contribution in [0.4, 0.5) is 0 Å². The van der Waals surface area contributed by atoms with Crippen LogP contribution >= 0.6 is 0 Å². The zero-order chi connectivity index (χ0) is 12.7. The molecule has 3 aliphatic rings. The Morgan fingerprint density at radius 3 is 2.53 bits per heavy atom. The van der Waals surface area contributed by atoms with E-state index in [1.54, 1.807) is 6.42 Å². The van der Waals surface area contributed by atoms with E-state index in [-0.39, 0.29) is 0 Å². The minimum absolute atomic E-state index is 0.825. The molecule has 4 unspecified atom stereocenters. The normalized spacial score (nSPS) is 38.2. The Hall–Kier alpha value is -1.02. The highest BCUT2D eigenvalue weighted by molar-refractivity contribution is 5.20. The van der Waals surface area contributed by atoms with Gasteiger partial charge in [-0.3, -0.25) is 0 Å². The molecular formula is C17H23NO. The van der Waals surface area contributed by atoms with Crippen LogP contribution in [0.2, 0.25) is 0 Å². The molecule has 3 saturated carbocycles. The van der Waals surface area contributed by atoms with Crippen LogP contribution in [0.15, 0.2) is 30.3 Å². The Balaban J connectivity index is 1.14. The van der Waals surface area contributed by atoms with Crippen molar-refractivity contribution in [2.45, 2.75) is 31.7 Å². The highest BCUT2D eigenvalue weighted by Crippen LogP contribution is 2.65. The topological polar surface area (TPSA) is 21.3 Å². The highest BCUT2D eigenvalue weighted by Gasteiger charge is 2.64. The third-order valence-electron chi connectivity index (χ3n) is 5.45. The molecular weight excluding hydrogens is 234 g/mol. The van der Waals surface area contributed by atoms with E-state index in [1.807, 2.05) is 30.3 Å². The lowest BCUT2D eigenvalue weighted by Crippen LogP contribution is -2.25. The molecule has 0 radical (unpaired) electrons. The fourth-order valence-electron chi connectivity index (χ4n) is 4.65. The smallest absolute Gasteiger partial charge is 0.119 e. The average Bonchev–Trinajstić information content (AvgIpc) is 2.84. The second-order valence-electron chi connectivity index (χ2n) is 6.48. The Bertz CT molecular complexity index is 416. The number of para-hydroxylation sites is 1. The number of rotatable bonds is 6. The zero-order valence-electron chi connectivity index (χ0n) is 11.4. The quantitative estimate of drug-likeness (QED) is 0.791. The molecule has 3 fully saturated rings. The number of benzene rings is 1. The van der Waals surface area contributed by atoms with Crippen molar-refractivity contribution in [2.75, 3.05) is 13.2 Å². The molecule has 19 heavy (non-hydrogen) atoms. The summed E-state index contributed by atoms with van der Waals surface area (Å²) >= 11 is 0. The van der Waals surface area contributed by atoms with E-state index in [9.17, 15) is 0 Å². The molecule has 0 heterocycles. The first-order valence-corrected chi connectivity index (χ1v) is 7.85. The molecule has 0 spiro atoms. The zero-order valence-corrected chi connectivity index (χ0v) is 11.4. The van der Waals surface area contributed by atoms with E-state index in [2.05, 4.69) is 5.32 Å². The van der Waals surface area contributed by atoms with E-state index >= 15 is 0 Å². The van der Waals surface area contributed by atoms with Crippen molar-refractivity contribution in [3.63, 3.8) is 0 Å². The second-order valence-corrected chi connectivity index (χ2v) is 6.48. The second kappa shape index (κ2) is 4.82. The van der Waals surface area contributed by atoms with Crippen molar-refractivity contribution in [3.8, 4) is 5.75 Å². The first-order chi connectivity index (χ1) is 9.43. The predicted octanol–water partition coefficient (Wildman–Crippen LogP) is 3.09. The molecule has 2 bridgehead atoms. The van der Waals surface area contributed by atoms with Gasteiger partial charge < -0.3 is 10.1 Å². The van der Waals surface area contributed by atoms with Crippen molar-refractivity contribution in [3.05, 3.63) is 30.3 Å². The maximum absolute atomic E-state index is 5.72. The Kier molecular flexibility index (Phi) is 2.99.